The summed E-state index contributed by atoms with van der Waals surface area (Å²) in [7, 11) is 2.99. The molecule has 2 aliphatic heterocycles. The van der Waals surface area contributed by atoms with Crippen LogP contribution in [0.5, 0.6) is 23.0 Å². The number of benzene rings is 2. The van der Waals surface area contributed by atoms with Gasteiger partial charge in [0.25, 0.3) is 5.91 Å². The molecule has 1 N–H and O–H groups in total. The molecular formula is C22H20F3N3O6. The van der Waals surface area contributed by atoms with Crippen molar-refractivity contribution < 1.29 is 41.8 Å². The van der Waals surface area contributed by atoms with E-state index < -0.39 is 23.8 Å². The minimum atomic E-state index is -4.54. The zero-order chi connectivity index (χ0) is 24.3. The van der Waals surface area contributed by atoms with E-state index in [1.807, 2.05) is 0 Å². The monoisotopic (exact) mass is 479 g/mol. The molecular weight excluding hydrogens is 459 g/mol. The van der Waals surface area contributed by atoms with Crippen LogP contribution in [0, 0.1) is 0 Å². The lowest BCUT2D eigenvalue weighted by Crippen LogP contribution is -2.27. The summed E-state index contributed by atoms with van der Waals surface area (Å²) in [5.41, 5.74) is 1.90. The fourth-order valence-corrected chi connectivity index (χ4v) is 3.60. The molecule has 0 fully saturated rings. The maximum atomic E-state index is 13.1. The average molecular weight is 479 g/mol. The predicted molar refractivity (Wildman–Crippen MR) is 113 cm³/mol. The fraction of sp³-hybridized carbons (Fsp3) is 0.318. The summed E-state index contributed by atoms with van der Waals surface area (Å²) in [5, 5.41) is 7.42. The van der Waals surface area contributed by atoms with Gasteiger partial charge >= 0.3 is 6.18 Å². The number of hydrazone groups is 1. The lowest BCUT2D eigenvalue weighted by molar-refractivity contribution is -0.137. The molecule has 4 rings (SSSR count). The van der Waals surface area contributed by atoms with Gasteiger partial charge < -0.3 is 23.8 Å². The maximum Gasteiger partial charge on any atom is 0.417 e. The summed E-state index contributed by atoms with van der Waals surface area (Å²) >= 11 is 0. The van der Waals surface area contributed by atoms with Crippen LogP contribution in [0.1, 0.15) is 23.1 Å². The first kappa shape index (κ1) is 23.2. The maximum absolute atomic E-state index is 13.1. The number of alkyl halides is 3. The molecule has 2 aromatic rings. The third-order valence-corrected chi connectivity index (χ3v) is 5.14. The first-order chi connectivity index (χ1) is 16.3. The Morgan fingerprint density at radius 3 is 2.74 bits per heavy atom. The summed E-state index contributed by atoms with van der Waals surface area (Å²) in [5.74, 6) is 1.11. The Balaban J connectivity index is 1.39. The van der Waals surface area contributed by atoms with E-state index in [0.29, 0.717) is 35.0 Å². The van der Waals surface area contributed by atoms with Crippen molar-refractivity contribution in [2.75, 3.05) is 21.0 Å². The minimum absolute atomic E-state index is 0.0346. The van der Waals surface area contributed by atoms with Gasteiger partial charge in [0.1, 0.15) is 11.8 Å². The van der Waals surface area contributed by atoms with Gasteiger partial charge in [-0.3, -0.25) is 4.79 Å². The van der Waals surface area contributed by atoms with Gasteiger partial charge in [0.15, 0.2) is 11.5 Å². The molecule has 0 aliphatic carbocycles. The molecule has 0 unspecified atom stereocenters. The number of nitrogens with zero attached hydrogens (tertiary/aromatic N) is 2. The zero-order valence-corrected chi connectivity index (χ0v) is 18.1. The quantitative estimate of drug-likeness (QED) is 0.483. The molecule has 180 valence electrons. The number of fused-ring (bicyclic) bond motifs is 1. The van der Waals surface area contributed by atoms with Gasteiger partial charge in [-0.1, -0.05) is 23.4 Å². The van der Waals surface area contributed by atoms with Gasteiger partial charge in [0.05, 0.1) is 26.0 Å². The SMILES string of the molecule is COc1cc(C[C@@H]2CC(C(=O)N/N=C\c3ccccc3C(F)(F)F)=NO2)c(OC)c2c1OCO2. The summed E-state index contributed by atoms with van der Waals surface area (Å²) in [4.78, 5) is 17.7. The highest BCUT2D eigenvalue weighted by Gasteiger charge is 2.33. The summed E-state index contributed by atoms with van der Waals surface area (Å²) < 4.78 is 60.9. The highest BCUT2D eigenvalue weighted by molar-refractivity contribution is 6.39. The lowest BCUT2D eigenvalue weighted by atomic mass is 10.0. The molecule has 1 amide bonds. The first-order valence-corrected chi connectivity index (χ1v) is 10.1. The fourth-order valence-electron chi connectivity index (χ4n) is 3.60. The van der Waals surface area contributed by atoms with Gasteiger partial charge in [-0.05, 0) is 12.1 Å². The summed E-state index contributed by atoms with van der Waals surface area (Å²) in [6.07, 6.45) is -3.63. The van der Waals surface area contributed by atoms with Crippen molar-refractivity contribution in [2.24, 2.45) is 10.3 Å². The van der Waals surface area contributed by atoms with Crippen molar-refractivity contribution in [1.82, 2.24) is 5.43 Å². The van der Waals surface area contributed by atoms with Crippen LogP contribution in [0.3, 0.4) is 0 Å². The Morgan fingerprint density at radius 1 is 1.24 bits per heavy atom. The molecule has 2 aliphatic rings. The van der Waals surface area contributed by atoms with Crippen LogP contribution >= 0.6 is 0 Å². The van der Waals surface area contributed by atoms with Crippen LogP contribution in [0.4, 0.5) is 13.2 Å². The van der Waals surface area contributed by atoms with Crippen molar-refractivity contribution in [2.45, 2.75) is 25.1 Å². The van der Waals surface area contributed by atoms with E-state index in [1.54, 1.807) is 6.07 Å². The third kappa shape index (κ3) is 4.70. The zero-order valence-electron chi connectivity index (χ0n) is 18.1. The van der Waals surface area contributed by atoms with E-state index in [4.69, 9.17) is 23.8 Å². The number of ether oxygens (including phenoxy) is 4. The molecule has 34 heavy (non-hydrogen) atoms. The second-order valence-electron chi connectivity index (χ2n) is 7.29. The van der Waals surface area contributed by atoms with Crippen LogP contribution in [0.25, 0.3) is 0 Å². The molecule has 0 saturated heterocycles. The van der Waals surface area contributed by atoms with Gasteiger partial charge in [-0.15, -0.1) is 0 Å². The highest BCUT2D eigenvalue weighted by atomic mass is 19.4. The molecule has 2 heterocycles. The van der Waals surface area contributed by atoms with E-state index in [9.17, 15) is 18.0 Å². The number of hydrogen-bond acceptors (Lipinski definition) is 8. The predicted octanol–water partition coefficient (Wildman–Crippen LogP) is 3.29. The largest absolute Gasteiger partial charge is 0.493 e. The van der Waals surface area contributed by atoms with E-state index >= 15 is 0 Å². The second-order valence-corrected chi connectivity index (χ2v) is 7.29. The Bertz CT molecular complexity index is 1150. The number of amides is 1. The minimum Gasteiger partial charge on any atom is -0.493 e. The van der Waals surface area contributed by atoms with Crippen LogP contribution in [0.2, 0.25) is 0 Å². The number of nitrogens with one attached hydrogen (secondary N) is 1. The number of methoxy groups -OCH3 is 2. The number of halogens is 3. The lowest BCUT2D eigenvalue weighted by Gasteiger charge is -2.15. The van der Waals surface area contributed by atoms with Crippen molar-refractivity contribution in [1.29, 1.82) is 0 Å². The number of carbonyl (C=O) groups excluding carboxylic acids is 1. The van der Waals surface area contributed by atoms with Gasteiger partial charge in [-0.2, -0.15) is 18.3 Å². The van der Waals surface area contributed by atoms with Crippen LogP contribution in [0.15, 0.2) is 40.6 Å². The van der Waals surface area contributed by atoms with Gasteiger partial charge in [-0.25, -0.2) is 5.43 Å². The van der Waals surface area contributed by atoms with Crippen LogP contribution < -0.4 is 24.4 Å². The van der Waals surface area contributed by atoms with Crippen LogP contribution in [-0.4, -0.2) is 44.9 Å². The molecule has 9 nitrogen and oxygen atoms in total. The second kappa shape index (κ2) is 9.49. The molecule has 2 aromatic carbocycles. The van der Waals surface area contributed by atoms with E-state index in [0.717, 1.165) is 12.3 Å². The summed E-state index contributed by atoms with van der Waals surface area (Å²) in [6, 6.07) is 6.63. The van der Waals surface area contributed by atoms with E-state index in [-0.39, 0.29) is 24.5 Å². The molecule has 0 radical (unpaired) electrons. The van der Waals surface area contributed by atoms with Crippen molar-refractivity contribution in [3.8, 4) is 23.0 Å². The molecule has 0 aromatic heterocycles. The van der Waals surface area contributed by atoms with Crippen molar-refractivity contribution in [3.05, 3.63) is 47.0 Å². The molecule has 0 bridgehead atoms. The van der Waals surface area contributed by atoms with Crippen LogP contribution in [-0.2, 0) is 22.2 Å². The number of oxime groups is 1. The van der Waals surface area contributed by atoms with Crippen molar-refractivity contribution in [3.63, 3.8) is 0 Å². The number of rotatable bonds is 7. The number of carbonyl (C=O) groups is 1. The smallest absolute Gasteiger partial charge is 0.417 e. The van der Waals surface area contributed by atoms with Gasteiger partial charge in [0, 0.05) is 24.0 Å². The third-order valence-electron chi connectivity index (χ3n) is 5.14. The molecule has 1 atom stereocenters. The van der Waals surface area contributed by atoms with E-state index in [2.05, 4.69) is 15.7 Å². The molecule has 0 spiro atoms. The standard InChI is InChI=1S/C22H20F3N3O6/c1-30-17-8-13(18(31-2)20-19(17)32-11-33-20)7-14-9-16(28-34-14)21(29)27-26-10-12-5-3-4-6-15(12)22(23,24)25/h3-6,8,10,14H,7,9,11H2,1-2H3,(H,27,29)/b26-10-/t14-/m1/s1. The average Bonchev–Trinajstić information content (AvgIpc) is 3.48. The Labute approximate surface area is 192 Å². The molecule has 0 saturated carbocycles. The normalized spacial score (nSPS) is 16.9. The van der Waals surface area contributed by atoms with E-state index in [1.165, 1.54) is 32.4 Å². The Kier molecular flexibility index (Phi) is 6.48. The highest BCUT2D eigenvalue weighted by Crippen LogP contribution is 2.50. The van der Waals surface area contributed by atoms with Gasteiger partial charge in [0.2, 0.25) is 18.3 Å². The molecule has 12 heteroatoms. The topological polar surface area (TPSA) is 100.0 Å². The Hall–Kier alpha value is -3.96. The first-order valence-electron chi connectivity index (χ1n) is 10.1. The Morgan fingerprint density at radius 2 is 2.00 bits per heavy atom. The number of hydrogen-bond donors (Lipinski definition) is 1. The van der Waals surface area contributed by atoms with Crippen molar-refractivity contribution >= 4 is 17.8 Å². The summed E-state index contributed by atoms with van der Waals surface area (Å²) in [6.45, 7) is 0.0346.